The summed E-state index contributed by atoms with van der Waals surface area (Å²) in [5.74, 6) is -0.357. The molecule has 2 aromatic rings. The minimum atomic E-state index is -0.357. The van der Waals surface area contributed by atoms with Gasteiger partial charge in [0, 0.05) is 11.4 Å². The number of carbonyl (C=O) groups excluding carboxylic acids is 1. The summed E-state index contributed by atoms with van der Waals surface area (Å²) in [6, 6.07) is 0.220. The highest BCUT2D eigenvalue weighted by atomic mass is 32.1. The Balaban J connectivity index is 2.12. The van der Waals surface area contributed by atoms with Crippen molar-refractivity contribution in [2.24, 2.45) is 0 Å². The molecule has 6 heteroatoms. The zero-order chi connectivity index (χ0) is 14.0. The number of ether oxygens (including phenoxy) is 1. The van der Waals surface area contributed by atoms with E-state index in [-0.39, 0.29) is 18.1 Å². The van der Waals surface area contributed by atoms with E-state index in [1.54, 1.807) is 11.7 Å². The van der Waals surface area contributed by atoms with Gasteiger partial charge in [-0.3, -0.25) is 4.68 Å². The van der Waals surface area contributed by atoms with E-state index in [9.17, 15) is 4.79 Å². The van der Waals surface area contributed by atoms with Crippen molar-refractivity contribution in [1.29, 1.82) is 0 Å². The highest BCUT2D eigenvalue weighted by molar-refractivity contribution is 7.07. The van der Waals surface area contributed by atoms with Crippen LogP contribution in [-0.4, -0.2) is 20.7 Å². The lowest BCUT2D eigenvalue weighted by molar-refractivity contribution is 0.0329. The zero-order valence-electron chi connectivity index (χ0n) is 11.5. The van der Waals surface area contributed by atoms with Crippen molar-refractivity contribution >= 4 is 17.3 Å². The minimum absolute atomic E-state index is 0.220. The number of aromatic nitrogens is 3. The lowest BCUT2D eigenvalue weighted by Gasteiger charge is -2.11. The van der Waals surface area contributed by atoms with Crippen molar-refractivity contribution in [3.8, 4) is 0 Å². The molecule has 0 N–H and O–H groups in total. The molecule has 0 saturated carbocycles. The Labute approximate surface area is 116 Å². The number of carbonyl (C=O) groups is 1. The van der Waals surface area contributed by atoms with Gasteiger partial charge in [-0.2, -0.15) is 5.10 Å². The summed E-state index contributed by atoms with van der Waals surface area (Å²) in [6.07, 6.45) is 1.21. The number of hydrogen-bond acceptors (Lipinski definition) is 5. The van der Waals surface area contributed by atoms with E-state index in [4.69, 9.17) is 4.74 Å². The van der Waals surface area contributed by atoms with E-state index < -0.39 is 0 Å². The fourth-order valence-corrected chi connectivity index (χ4v) is 2.49. The van der Waals surface area contributed by atoms with Crippen LogP contribution in [0.5, 0.6) is 0 Å². The fraction of sp³-hybridized carbons (Fsp3) is 0.462. The van der Waals surface area contributed by atoms with Crippen LogP contribution in [0.3, 0.4) is 0 Å². The Morgan fingerprint density at radius 1 is 1.42 bits per heavy atom. The Morgan fingerprint density at radius 2 is 2.16 bits per heavy atom. The average Bonchev–Trinajstić information content (AvgIpc) is 2.96. The van der Waals surface area contributed by atoms with Crippen LogP contribution in [-0.2, 0) is 4.74 Å². The van der Waals surface area contributed by atoms with Gasteiger partial charge in [-0.15, -0.1) is 11.3 Å². The van der Waals surface area contributed by atoms with Gasteiger partial charge in [0.2, 0.25) is 0 Å². The normalized spacial score (nSPS) is 12.7. The Hall–Kier alpha value is -1.69. The molecule has 19 heavy (non-hydrogen) atoms. The number of hydrogen-bond donors (Lipinski definition) is 0. The van der Waals surface area contributed by atoms with Gasteiger partial charge in [0.25, 0.3) is 0 Å². The molecule has 0 amide bonds. The fourth-order valence-electron chi connectivity index (χ4n) is 1.85. The maximum atomic E-state index is 12.1. The van der Waals surface area contributed by atoms with E-state index >= 15 is 0 Å². The smallest absolute Gasteiger partial charge is 0.342 e. The van der Waals surface area contributed by atoms with Crippen LogP contribution in [0, 0.1) is 6.92 Å². The number of esters is 1. The van der Waals surface area contributed by atoms with Crippen LogP contribution in [0.1, 0.15) is 54.7 Å². The third kappa shape index (κ3) is 2.84. The van der Waals surface area contributed by atoms with E-state index in [0.29, 0.717) is 5.56 Å². The van der Waals surface area contributed by atoms with Crippen molar-refractivity contribution in [3.63, 3.8) is 0 Å². The van der Waals surface area contributed by atoms with Crippen molar-refractivity contribution < 1.29 is 9.53 Å². The van der Waals surface area contributed by atoms with Gasteiger partial charge in [-0.1, -0.05) is 0 Å². The Kier molecular flexibility index (Phi) is 3.99. The first kappa shape index (κ1) is 13.7. The topological polar surface area (TPSA) is 57.0 Å². The van der Waals surface area contributed by atoms with Crippen molar-refractivity contribution in [3.05, 3.63) is 34.0 Å². The third-order valence-corrected chi connectivity index (χ3v) is 3.51. The predicted molar refractivity (Wildman–Crippen MR) is 73.3 cm³/mol. The van der Waals surface area contributed by atoms with E-state index in [0.717, 1.165) is 11.4 Å². The average molecular weight is 279 g/mol. The molecule has 5 nitrogen and oxygen atoms in total. The van der Waals surface area contributed by atoms with Crippen molar-refractivity contribution in [1.82, 2.24) is 14.8 Å². The van der Waals surface area contributed by atoms with E-state index in [1.165, 1.54) is 11.3 Å². The summed E-state index contributed by atoms with van der Waals surface area (Å²) in [5, 5.41) is 6.09. The first-order valence-corrected chi connectivity index (χ1v) is 7.08. The Bertz CT molecular complexity index is 560. The minimum Gasteiger partial charge on any atom is -0.452 e. The van der Waals surface area contributed by atoms with Crippen molar-refractivity contribution in [2.75, 3.05) is 0 Å². The Morgan fingerprint density at radius 3 is 2.68 bits per heavy atom. The van der Waals surface area contributed by atoms with Crippen LogP contribution in [0.15, 0.2) is 17.1 Å². The molecule has 2 heterocycles. The van der Waals surface area contributed by atoms with Gasteiger partial charge < -0.3 is 4.74 Å². The van der Waals surface area contributed by atoms with Gasteiger partial charge >= 0.3 is 5.97 Å². The maximum Gasteiger partial charge on any atom is 0.342 e. The first-order valence-electron chi connectivity index (χ1n) is 6.14. The lowest BCUT2D eigenvalue weighted by Crippen LogP contribution is -2.11. The lowest BCUT2D eigenvalue weighted by atomic mass is 10.2. The summed E-state index contributed by atoms with van der Waals surface area (Å²) in [7, 11) is 0. The molecule has 0 bridgehead atoms. The van der Waals surface area contributed by atoms with Gasteiger partial charge in [-0.05, 0) is 27.7 Å². The van der Waals surface area contributed by atoms with E-state index in [1.807, 2.05) is 37.8 Å². The summed E-state index contributed by atoms with van der Waals surface area (Å²) < 4.78 is 7.22. The molecule has 0 aliphatic rings. The monoisotopic (exact) mass is 279 g/mol. The molecular formula is C13H17N3O2S. The molecule has 0 radical (unpaired) electrons. The molecule has 0 spiro atoms. The van der Waals surface area contributed by atoms with Crippen LogP contribution in [0.2, 0.25) is 0 Å². The molecule has 0 aliphatic heterocycles. The number of thiazole rings is 1. The zero-order valence-corrected chi connectivity index (χ0v) is 12.3. The molecule has 102 valence electrons. The second-order valence-electron chi connectivity index (χ2n) is 4.64. The van der Waals surface area contributed by atoms with Crippen molar-refractivity contribution in [2.45, 2.75) is 39.8 Å². The van der Waals surface area contributed by atoms with Crippen LogP contribution in [0.25, 0.3) is 0 Å². The van der Waals surface area contributed by atoms with Gasteiger partial charge in [-0.25, -0.2) is 9.78 Å². The number of rotatable bonds is 4. The van der Waals surface area contributed by atoms with Crippen LogP contribution < -0.4 is 0 Å². The van der Waals surface area contributed by atoms with Crippen LogP contribution in [0.4, 0.5) is 0 Å². The summed E-state index contributed by atoms with van der Waals surface area (Å²) in [5.41, 5.74) is 3.83. The van der Waals surface area contributed by atoms with Crippen LogP contribution >= 0.6 is 11.3 Å². The highest BCUT2D eigenvalue weighted by Crippen LogP contribution is 2.20. The maximum absolute atomic E-state index is 12.1. The molecule has 1 atom stereocenters. The molecule has 2 rings (SSSR count). The van der Waals surface area contributed by atoms with E-state index in [2.05, 4.69) is 10.1 Å². The summed E-state index contributed by atoms with van der Waals surface area (Å²) in [4.78, 5) is 16.2. The predicted octanol–water partition coefficient (Wildman–Crippen LogP) is 3.15. The molecule has 0 unspecified atom stereocenters. The molecule has 0 fully saturated rings. The molecule has 0 aliphatic carbocycles. The largest absolute Gasteiger partial charge is 0.452 e. The number of nitrogens with zero attached hydrogens (tertiary/aromatic N) is 3. The second kappa shape index (κ2) is 5.52. The molecule has 0 aromatic carbocycles. The third-order valence-electron chi connectivity index (χ3n) is 2.91. The molecule has 0 saturated heterocycles. The van der Waals surface area contributed by atoms with Gasteiger partial charge in [0.05, 0.1) is 23.1 Å². The van der Waals surface area contributed by atoms with Gasteiger partial charge in [0.1, 0.15) is 11.7 Å². The molecular weight excluding hydrogens is 262 g/mol. The quantitative estimate of drug-likeness (QED) is 0.807. The SMILES string of the molecule is Cc1c(C(=O)O[C@@H](C)c2cscn2)cnn1C(C)C. The second-order valence-corrected chi connectivity index (χ2v) is 5.36. The standard InChI is InChI=1S/C13H17N3O2S/c1-8(2)16-9(3)11(5-15-16)13(17)18-10(4)12-6-19-7-14-12/h5-8,10H,1-4H3/t10-/m0/s1. The van der Waals surface area contributed by atoms with Gasteiger partial charge in [0.15, 0.2) is 0 Å². The summed E-state index contributed by atoms with van der Waals surface area (Å²) in [6.45, 7) is 7.73. The first-order chi connectivity index (χ1) is 9.00. The summed E-state index contributed by atoms with van der Waals surface area (Å²) >= 11 is 1.48. The highest BCUT2D eigenvalue weighted by Gasteiger charge is 2.20. The molecule has 2 aromatic heterocycles.